The summed E-state index contributed by atoms with van der Waals surface area (Å²) in [5.41, 5.74) is 0.919. The topological polar surface area (TPSA) is 29.5 Å². The number of rotatable bonds is 4. The first-order valence-electron chi connectivity index (χ1n) is 7.21. The lowest BCUT2D eigenvalue weighted by Gasteiger charge is -2.11. The first-order chi connectivity index (χ1) is 10.3. The van der Waals surface area contributed by atoms with E-state index in [0.29, 0.717) is 6.42 Å². The molecule has 0 aliphatic heterocycles. The third-order valence-corrected chi connectivity index (χ3v) is 3.63. The van der Waals surface area contributed by atoms with Gasteiger partial charge in [-0.25, -0.2) is 0 Å². The molecule has 0 aromatic heterocycles. The summed E-state index contributed by atoms with van der Waals surface area (Å²) in [6, 6.07) is 21.8. The van der Waals surface area contributed by atoms with E-state index in [0.717, 1.165) is 27.8 Å². The van der Waals surface area contributed by atoms with Crippen molar-refractivity contribution >= 4 is 10.8 Å². The van der Waals surface area contributed by atoms with Crippen LogP contribution in [0.5, 0.6) is 11.5 Å². The van der Waals surface area contributed by atoms with E-state index in [-0.39, 0.29) is 0 Å². The number of aliphatic hydroxyl groups is 1. The molecule has 0 saturated heterocycles. The molecule has 1 N–H and O–H groups in total. The maximum atomic E-state index is 9.81. The van der Waals surface area contributed by atoms with Gasteiger partial charge in [0.05, 0.1) is 6.10 Å². The van der Waals surface area contributed by atoms with Crippen LogP contribution in [0.3, 0.4) is 0 Å². The Bertz CT molecular complexity index is 727. The summed E-state index contributed by atoms with van der Waals surface area (Å²) >= 11 is 0. The van der Waals surface area contributed by atoms with Crippen molar-refractivity contribution in [2.45, 2.75) is 19.4 Å². The minimum absolute atomic E-state index is 0.406. The standard InChI is InChI=1S/C19H18O2/c1-2-18(20)15-10-12-16(13-11-15)21-19-9-5-7-14-6-3-4-8-17(14)19/h3-13,18,20H,2H2,1H3/t18-/m1/s1. The predicted octanol–water partition coefficient (Wildman–Crippen LogP) is 5.08. The molecule has 106 valence electrons. The van der Waals surface area contributed by atoms with Gasteiger partial charge in [-0.1, -0.05) is 55.5 Å². The van der Waals surface area contributed by atoms with E-state index >= 15 is 0 Å². The van der Waals surface area contributed by atoms with Crippen LogP contribution in [0.15, 0.2) is 66.7 Å². The van der Waals surface area contributed by atoms with Crippen molar-refractivity contribution in [3.63, 3.8) is 0 Å². The van der Waals surface area contributed by atoms with E-state index in [1.807, 2.05) is 55.5 Å². The van der Waals surface area contributed by atoms with Crippen molar-refractivity contribution in [2.24, 2.45) is 0 Å². The van der Waals surface area contributed by atoms with Crippen molar-refractivity contribution in [2.75, 3.05) is 0 Å². The average Bonchev–Trinajstić information content (AvgIpc) is 2.55. The highest BCUT2D eigenvalue weighted by molar-refractivity contribution is 5.88. The zero-order valence-corrected chi connectivity index (χ0v) is 12.0. The summed E-state index contributed by atoms with van der Waals surface area (Å²) in [5, 5.41) is 12.1. The summed E-state index contributed by atoms with van der Waals surface area (Å²) in [6.07, 6.45) is 0.306. The molecule has 1 atom stereocenters. The van der Waals surface area contributed by atoms with Gasteiger partial charge in [-0.3, -0.25) is 0 Å². The molecule has 0 aliphatic carbocycles. The Hall–Kier alpha value is -2.32. The van der Waals surface area contributed by atoms with Crippen LogP contribution < -0.4 is 4.74 Å². The highest BCUT2D eigenvalue weighted by atomic mass is 16.5. The summed E-state index contributed by atoms with van der Waals surface area (Å²) in [7, 11) is 0. The Morgan fingerprint density at radius 2 is 1.62 bits per heavy atom. The van der Waals surface area contributed by atoms with Gasteiger partial charge >= 0.3 is 0 Å². The molecular weight excluding hydrogens is 260 g/mol. The minimum Gasteiger partial charge on any atom is -0.457 e. The SMILES string of the molecule is CC[C@@H](O)c1ccc(Oc2cccc3ccccc23)cc1. The Labute approximate surface area is 124 Å². The molecule has 0 amide bonds. The second kappa shape index (κ2) is 5.98. The highest BCUT2D eigenvalue weighted by Gasteiger charge is 2.06. The molecule has 3 aromatic rings. The van der Waals surface area contributed by atoms with Gasteiger partial charge in [-0.15, -0.1) is 0 Å². The van der Waals surface area contributed by atoms with Crippen molar-refractivity contribution in [1.82, 2.24) is 0 Å². The fourth-order valence-corrected chi connectivity index (χ4v) is 2.41. The van der Waals surface area contributed by atoms with E-state index in [1.54, 1.807) is 0 Å². The van der Waals surface area contributed by atoms with Crippen LogP contribution >= 0.6 is 0 Å². The van der Waals surface area contributed by atoms with Crippen molar-refractivity contribution < 1.29 is 9.84 Å². The maximum Gasteiger partial charge on any atom is 0.135 e. The normalized spacial score (nSPS) is 12.3. The molecule has 0 bridgehead atoms. The van der Waals surface area contributed by atoms with E-state index in [2.05, 4.69) is 18.2 Å². The van der Waals surface area contributed by atoms with Crippen molar-refractivity contribution in [3.05, 3.63) is 72.3 Å². The van der Waals surface area contributed by atoms with E-state index < -0.39 is 6.10 Å². The van der Waals surface area contributed by atoms with Gasteiger partial charge in [0.2, 0.25) is 0 Å². The summed E-state index contributed by atoms with van der Waals surface area (Å²) in [4.78, 5) is 0. The van der Waals surface area contributed by atoms with Crippen LogP contribution in [0.25, 0.3) is 10.8 Å². The minimum atomic E-state index is -0.406. The molecule has 3 aromatic carbocycles. The van der Waals surface area contributed by atoms with Crippen LogP contribution in [-0.4, -0.2) is 5.11 Å². The van der Waals surface area contributed by atoms with Crippen molar-refractivity contribution in [1.29, 1.82) is 0 Å². The van der Waals surface area contributed by atoms with Crippen LogP contribution in [0.4, 0.5) is 0 Å². The predicted molar refractivity (Wildman–Crippen MR) is 85.7 cm³/mol. The van der Waals surface area contributed by atoms with Crippen LogP contribution in [0, 0.1) is 0 Å². The smallest absolute Gasteiger partial charge is 0.135 e. The Balaban J connectivity index is 1.88. The quantitative estimate of drug-likeness (QED) is 0.721. The molecule has 0 spiro atoms. The largest absolute Gasteiger partial charge is 0.457 e. The summed E-state index contributed by atoms with van der Waals surface area (Å²) < 4.78 is 5.98. The molecule has 2 nitrogen and oxygen atoms in total. The third-order valence-electron chi connectivity index (χ3n) is 3.63. The van der Waals surface area contributed by atoms with Crippen LogP contribution in [-0.2, 0) is 0 Å². The fourth-order valence-electron chi connectivity index (χ4n) is 2.41. The Morgan fingerprint density at radius 1 is 0.905 bits per heavy atom. The molecule has 0 heterocycles. The Morgan fingerprint density at radius 3 is 2.38 bits per heavy atom. The molecule has 0 radical (unpaired) electrons. The molecule has 2 heteroatoms. The highest BCUT2D eigenvalue weighted by Crippen LogP contribution is 2.30. The zero-order valence-electron chi connectivity index (χ0n) is 12.0. The average molecular weight is 278 g/mol. The number of hydrogen-bond donors (Lipinski definition) is 1. The second-order valence-corrected chi connectivity index (χ2v) is 5.07. The zero-order chi connectivity index (χ0) is 14.7. The van der Waals surface area contributed by atoms with Gasteiger partial charge in [0.1, 0.15) is 11.5 Å². The van der Waals surface area contributed by atoms with Gasteiger partial charge in [0.25, 0.3) is 0 Å². The molecule has 21 heavy (non-hydrogen) atoms. The first kappa shape index (κ1) is 13.7. The summed E-state index contributed by atoms with van der Waals surface area (Å²) in [6.45, 7) is 1.96. The molecular formula is C19H18O2. The fraction of sp³-hybridized carbons (Fsp3) is 0.158. The lowest BCUT2D eigenvalue weighted by molar-refractivity contribution is 0.173. The van der Waals surface area contributed by atoms with Gasteiger partial charge in [0.15, 0.2) is 0 Å². The second-order valence-electron chi connectivity index (χ2n) is 5.07. The third kappa shape index (κ3) is 2.91. The van der Waals surface area contributed by atoms with Crippen LogP contribution in [0.2, 0.25) is 0 Å². The van der Waals surface area contributed by atoms with Gasteiger partial charge in [0, 0.05) is 5.39 Å². The van der Waals surface area contributed by atoms with Gasteiger partial charge in [-0.2, -0.15) is 0 Å². The number of aliphatic hydroxyl groups excluding tert-OH is 1. The molecule has 3 rings (SSSR count). The van der Waals surface area contributed by atoms with Crippen LogP contribution in [0.1, 0.15) is 25.0 Å². The monoisotopic (exact) mass is 278 g/mol. The molecule has 0 aliphatic rings. The van der Waals surface area contributed by atoms with E-state index in [4.69, 9.17) is 4.74 Å². The van der Waals surface area contributed by atoms with Crippen molar-refractivity contribution in [3.8, 4) is 11.5 Å². The lowest BCUT2D eigenvalue weighted by Crippen LogP contribution is -1.94. The number of benzene rings is 3. The summed E-state index contributed by atoms with van der Waals surface area (Å²) in [5.74, 6) is 1.62. The number of fused-ring (bicyclic) bond motifs is 1. The number of hydrogen-bond acceptors (Lipinski definition) is 2. The first-order valence-corrected chi connectivity index (χ1v) is 7.21. The number of ether oxygens (including phenoxy) is 1. The molecule has 0 fully saturated rings. The molecule has 0 unspecified atom stereocenters. The Kier molecular flexibility index (Phi) is 3.89. The van der Waals surface area contributed by atoms with Gasteiger partial charge in [-0.05, 0) is 35.6 Å². The van der Waals surface area contributed by atoms with Gasteiger partial charge < -0.3 is 9.84 Å². The van der Waals surface area contributed by atoms with E-state index in [1.165, 1.54) is 0 Å². The lowest BCUT2D eigenvalue weighted by atomic mass is 10.1. The maximum absolute atomic E-state index is 9.81. The molecule has 0 saturated carbocycles. The van der Waals surface area contributed by atoms with E-state index in [9.17, 15) is 5.11 Å².